The van der Waals surface area contributed by atoms with Crippen molar-refractivity contribution >= 4 is 22.8 Å². The van der Waals surface area contributed by atoms with E-state index in [4.69, 9.17) is 0 Å². The molecular formula is C20H29N5O2. The van der Waals surface area contributed by atoms with Crippen molar-refractivity contribution in [2.24, 2.45) is 11.3 Å². The standard InChI is InChI=1S/C20H29N5O2/c1-13-9-14(24-17(27)10-16(26)20(2,3)4)12-25(11-13)15-5-6-22-19-18(15)21-7-8-23-19/h5-8,13-14,16,26H,9-12H2,1-4H3,(H,24,27). The van der Waals surface area contributed by atoms with Crippen molar-refractivity contribution in [1.29, 1.82) is 0 Å². The highest BCUT2D eigenvalue weighted by molar-refractivity contribution is 5.85. The van der Waals surface area contributed by atoms with E-state index in [9.17, 15) is 9.90 Å². The SMILES string of the molecule is CC1CC(NC(=O)CC(O)C(C)(C)C)CN(c2ccnc3nccnc23)C1. The van der Waals surface area contributed by atoms with E-state index < -0.39 is 6.10 Å². The fourth-order valence-electron chi connectivity index (χ4n) is 3.54. The van der Waals surface area contributed by atoms with Gasteiger partial charge in [-0.2, -0.15) is 0 Å². The number of pyridine rings is 1. The van der Waals surface area contributed by atoms with Gasteiger partial charge in [0.25, 0.3) is 0 Å². The van der Waals surface area contributed by atoms with Crippen molar-refractivity contribution < 1.29 is 9.90 Å². The second kappa shape index (κ2) is 7.76. The van der Waals surface area contributed by atoms with E-state index in [1.54, 1.807) is 18.6 Å². The third kappa shape index (κ3) is 4.71. The number of piperidine rings is 1. The van der Waals surface area contributed by atoms with Crippen LogP contribution in [0.4, 0.5) is 5.69 Å². The second-order valence-electron chi connectivity index (χ2n) is 8.65. The predicted molar refractivity (Wildman–Crippen MR) is 105 cm³/mol. The number of hydrogen-bond acceptors (Lipinski definition) is 6. The third-order valence-electron chi connectivity index (χ3n) is 5.09. The fraction of sp³-hybridized carbons (Fsp3) is 0.600. The van der Waals surface area contributed by atoms with Crippen LogP contribution < -0.4 is 10.2 Å². The number of carbonyl (C=O) groups excluding carboxylic acids is 1. The topological polar surface area (TPSA) is 91.2 Å². The summed E-state index contributed by atoms with van der Waals surface area (Å²) in [6.45, 7) is 9.59. The second-order valence-corrected chi connectivity index (χ2v) is 8.65. The molecule has 2 aromatic heterocycles. The number of carbonyl (C=O) groups is 1. The molecule has 1 fully saturated rings. The monoisotopic (exact) mass is 371 g/mol. The van der Waals surface area contributed by atoms with Gasteiger partial charge in [0.1, 0.15) is 5.52 Å². The summed E-state index contributed by atoms with van der Waals surface area (Å²) in [5.41, 5.74) is 2.09. The average molecular weight is 371 g/mol. The molecule has 27 heavy (non-hydrogen) atoms. The number of hydrogen-bond donors (Lipinski definition) is 2. The van der Waals surface area contributed by atoms with Crippen LogP contribution >= 0.6 is 0 Å². The van der Waals surface area contributed by atoms with Crippen LogP contribution in [0.5, 0.6) is 0 Å². The Morgan fingerprint density at radius 1 is 1.26 bits per heavy atom. The molecule has 0 aromatic carbocycles. The maximum atomic E-state index is 12.4. The van der Waals surface area contributed by atoms with E-state index in [2.05, 4.69) is 32.1 Å². The minimum Gasteiger partial charge on any atom is -0.392 e. The van der Waals surface area contributed by atoms with Crippen LogP contribution in [0.15, 0.2) is 24.7 Å². The van der Waals surface area contributed by atoms with Crippen molar-refractivity contribution in [2.75, 3.05) is 18.0 Å². The summed E-state index contributed by atoms with van der Waals surface area (Å²) in [6.07, 6.45) is 5.45. The first-order chi connectivity index (χ1) is 12.7. The molecule has 3 heterocycles. The van der Waals surface area contributed by atoms with Crippen LogP contribution in [0.25, 0.3) is 11.2 Å². The number of aromatic nitrogens is 3. The summed E-state index contributed by atoms with van der Waals surface area (Å²) < 4.78 is 0. The molecule has 3 atom stereocenters. The van der Waals surface area contributed by atoms with Crippen LogP contribution in [-0.2, 0) is 4.79 Å². The highest BCUT2D eigenvalue weighted by Gasteiger charge is 2.29. The number of rotatable bonds is 4. The Hall–Kier alpha value is -2.28. The summed E-state index contributed by atoms with van der Waals surface area (Å²) in [5, 5.41) is 13.3. The lowest BCUT2D eigenvalue weighted by atomic mass is 9.87. The Bertz CT molecular complexity index is 799. The molecule has 1 aliphatic heterocycles. The number of nitrogens with one attached hydrogen (secondary N) is 1. The zero-order valence-electron chi connectivity index (χ0n) is 16.5. The largest absolute Gasteiger partial charge is 0.392 e. The Morgan fingerprint density at radius 3 is 2.70 bits per heavy atom. The Balaban J connectivity index is 1.72. The van der Waals surface area contributed by atoms with Crippen LogP contribution in [-0.4, -0.2) is 51.2 Å². The fourth-order valence-corrected chi connectivity index (χ4v) is 3.54. The maximum absolute atomic E-state index is 12.4. The molecule has 146 valence electrons. The van der Waals surface area contributed by atoms with E-state index in [1.165, 1.54) is 0 Å². The van der Waals surface area contributed by atoms with E-state index in [0.717, 1.165) is 24.2 Å². The molecule has 1 saturated heterocycles. The van der Waals surface area contributed by atoms with Gasteiger partial charge in [-0.05, 0) is 23.8 Å². The molecule has 3 rings (SSSR count). The van der Waals surface area contributed by atoms with E-state index in [0.29, 0.717) is 18.1 Å². The van der Waals surface area contributed by atoms with Gasteiger partial charge in [0.15, 0.2) is 5.65 Å². The average Bonchev–Trinajstić information content (AvgIpc) is 2.59. The minimum absolute atomic E-state index is 0.0355. The van der Waals surface area contributed by atoms with Crippen molar-refractivity contribution in [3.8, 4) is 0 Å². The minimum atomic E-state index is -0.658. The van der Waals surface area contributed by atoms with Crippen LogP contribution in [0.3, 0.4) is 0 Å². The molecule has 2 N–H and O–H groups in total. The normalized spacial score (nSPS) is 21.9. The predicted octanol–water partition coefficient (Wildman–Crippen LogP) is 2.15. The van der Waals surface area contributed by atoms with Crippen molar-refractivity contribution in [1.82, 2.24) is 20.3 Å². The molecule has 7 nitrogen and oxygen atoms in total. The Labute approximate surface area is 160 Å². The molecule has 1 amide bonds. The number of amides is 1. The van der Waals surface area contributed by atoms with Crippen LogP contribution in [0, 0.1) is 11.3 Å². The van der Waals surface area contributed by atoms with Gasteiger partial charge in [-0.3, -0.25) is 4.79 Å². The molecule has 0 bridgehead atoms. The highest BCUT2D eigenvalue weighted by atomic mass is 16.3. The summed E-state index contributed by atoms with van der Waals surface area (Å²) >= 11 is 0. The zero-order valence-corrected chi connectivity index (χ0v) is 16.5. The summed E-state index contributed by atoms with van der Waals surface area (Å²) in [7, 11) is 0. The quantitative estimate of drug-likeness (QED) is 0.856. The van der Waals surface area contributed by atoms with Gasteiger partial charge in [0.05, 0.1) is 18.2 Å². The van der Waals surface area contributed by atoms with Crippen molar-refractivity contribution in [3.05, 3.63) is 24.7 Å². The Kier molecular flexibility index (Phi) is 5.60. The van der Waals surface area contributed by atoms with E-state index in [1.807, 2.05) is 26.8 Å². The van der Waals surface area contributed by atoms with Gasteiger partial charge >= 0.3 is 0 Å². The van der Waals surface area contributed by atoms with Gasteiger partial charge in [-0.1, -0.05) is 27.7 Å². The molecule has 0 spiro atoms. The van der Waals surface area contributed by atoms with Crippen LogP contribution in [0.2, 0.25) is 0 Å². The third-order valence-corrected chi connectivity index (χ3v) is 5.09. The lowest BCUT2D eigenvalue weighted by Gasteiger charge is -2.38. The molecular weight excluding hydrogens is 342 g/mol. The van der Waals surface area contributed by atoms with Crippen molar-refractivity contribution in [2.45, 2.75) is 52.7 Å². The van der Waals surface area contributed by atoms with Gasteiger partial charge < -0.3 is 15.3 Å². The van der Waals surface area contributed by atoms with Gasteiger partial charge in [-0.15, -0.1) is 0 Å². The van der Waals surface area contributed by atoms with Crippen LogP contribution in [0.1, 0.15) is 40.5 Å². The number of anilines is 1. The lowest BCUT2D eigenvalue weighted by molar-refractivity contribution is -0.125. The molecule has 0 saturated carbocycles. The molecule has 0 aliphatic carbocycles. The molecule has 1 aliphatic rings. The molecule has 2 aromatic rings. The summed E-state index contributed by atoms with van der Waals surface area (Å²) in [6, 6.07) is 1.99. The first-order valence-electron chi connectivity index (χ1n) is 9.52. The number of fused-ring (bicyclic) bond motifs is 1. The summed E-state index contributed by atoms with van der Waals surface area (Å²) in [5.74, 6) is 0.326. The van der Waals surface area contributed by atoms with Gasteiger partial charge in [0, 0.05) is 37.7 Å². The maximum Gasteiger partial charge on any atom is 0.222 e. The molecule has 3 unspecified atom stereocenters. The molecule has 0 radical (unpaired) electrons. The highest BCUT2D eigenvalue weighted by Crippen LogP contribution is 2.27. The lowest BCUT2D eigenvalue weighted by Crippen LogP contribution is -2.51. The number of nitrogens with zero attached hydrogens (tertiary/aromatic N) is 4. The summed E-state index contributed by atoms with van der Waals surface area (Å²) in [4.78, 5) is 27.7. The van der Waals surface area contributed by atoms with Gasteiger partial charge in [0.2, 0.25) is 5.91 Å². The van der Waals surface area contributed by atoms with E-state index in [-0.39, 0.29) is 23.8 Å². The first-order valence-corrected chi connectivity index (χ1v) is 9.52. The molecule has 7 heteroatoms. The first kappa shape index (κ1) is 19.5. The van der Waals surface area contributed by atoms with Crippen molar-refractivity contribution in [3.63, 3.8) is 0 Å². The van der Waals surface area contributed by atoms with Gasteiger partial charge in [-0.25, -0.2) is 15.0 Å². The smallest absolute Gasteiger partial charge is 0.222 e. The number of aliphatic hydroxyl groups is 1. The Morgan fingerprint density at radius 2 is 1.96 bits per heavy atom. The number of aliphatic hydroxyl groups excluding tert-OH is 1. The zero-order chi connectivity index (χ0) is 19.6. The van der Waals surface area contributed by atoms with E-state index >= 15 is 0 Å².